The van der Waals surface area contributed by atoms with Crippen LogP contribution in [0.2, 0.25) is 0 Å². The van der Waals surface area contributed by atoms with E-state index in [1.165, 1.54) is 66.4 Å². The fraction of sp³-hybridized carbons (Fsp3) is 0.444. The SMILES string of the molecule is Cc1ccc2cc(C[NH+]3CCCCC3)c(C)cc2c1.[Cl-]. The lowest BCUT2D eigenvalue weighted by atomic mass is 9.99. The molecule has 0 aromatic heterocycles. The van der Waals surface area contributed by atoms with Gasteiger partial charge in [-0.3, -0.25) is 0 Å². The fourth-order valence-electron chi connectivity index (χ4n) is 3.27. The van der Waals surface area contributed by atoms with Crippen LogP contribution in [-0.2, 0) is 6.54 Å². The first-order chi connectivity index (χ1) is 9.22. The van der Waals surface area contributed by atoms with E-state index in [0.717, 1.165) is 0 Å². The van der Waals surface area contributed by atoms with Crippen LogP contribution in [0, 0.1) is 13.8 Å². The third kappa shape index (κ3) is 3.34. The zero-order valence-electron chi connectivity index (χ0n) is 12.5. The van der Waals surface area contributed by atoms with Crippen LogP contribution in [0.3, 0.4) is 0 Å². The molecule has 1 fully saturated rings. The molecular weight excluding hydrogens is 266 g/mol. The molecule has 0 amide bonds. The minimum Gasteiger partial charge on any atom is -1.00 e. The second-order valence-electron chi connectivity index (χ2n) is 6.12. The topological polar surface area (TPSA) is 4.44 Å². The van der Waals surface area contributed by atoms with E-state index < -0.39 is 0 Å². The number of halogens is 1. The largest absolute Gasteiger partial charge is 1.00 e. The Labute approximate surface area is 128 Å². The van der Waals surface area contributed by atoms with Gasteiger partial charge in [-0.05, 0) is 55.5 Å². The molecule has 1 aliphatic heterocycles. The molecule has 1 saturated heterocycles. The number of hydrogen-bond acceptors (Lipinski definition) is 0. The quantitative estimate of drug-likeness (QED) is 0.796. The molecule has 0 spiro atoms. The third-order valence-electron chi connectivity index (χ3n) is 4.45. The lowest BCUT2D eigenvalue weighted by Crippen LogP contribution is -3.11. The molecule has 2 aromatic rings. The summed E-state index contributed by atoms with van der Waals surface area (Å²) >= 11 is 0. The second-order valence-corrected chi connectivity index (χ2v) is 6.12. The maximum atomic E-state index is 2.41. The molecule has 1 aliphatic rings. The third-order valence-corrected chi connectivity index (χ3v) is 4.45. The van der Waals surface area contributed by atoms with Crippen molar-refractivity contribution in [2.75, 3.05) is 13.1 Å². The van der Waals surface area contributed by atoms with E-state index in [1.807, 2.05) is 0 Å². The Morgan fingerprint density at radius 1 is 0.900 bits per heavy atom. The minimum atomic E-state index is 0. The Morgan fingerprint density at radius 2 is 1.65 bits per heavy atom. The van der Waals surface area contributed by atoms with Crippen molar-refractivity contribution in [2.24, 2.45) is 0 Å². The maximum absolute atomic E-state index is 2.41. The van der Waals surface area contributed by atoms with E-state index in [-0.39, 0.29) is 12.4 Å². The van der Waals surface area contributed by atoms with Crippen molar-refractivity contribution in [1.82, 2.24) is 0 Å². The summed E-state index contributed by atoms with van der Waals surface area (Å²) < 4.78 is 0. The van der Waals surface area contributed by atoms with Crippen LogP contribution in [0.1, 0.15) is 36.0 Å². The molecule has 3 rings (SSSR count). The smallest absolute Gasteiger partial charge is 0.103 e. The van der Waals surface area contributed by atoms with Gasteiger partial charge in [-0.1, -0.05) is 29.8 Å². The average Bonchev–Trinajstić information content (AvgIpc) is 2.41. The molecule has 0 radical (unpaired) electrons. The standard InChI is InChI=1S/C18H23N.ClH/c1-14-6-7-16-12-18(15(2)11-17(16)10-14)13-19-8-4-3-5-9-19;/h6-7,10-12H,3-5,8-9,13H2,1-2H3;1H. The summed E-state index contributed by atoms with van der Waals surface area (Å²) in [6.07, 6.45) is 4.24. The van der Waals surface area contributed by atoms with Crippen molar-refractivity contribution in [3.05, 3.63) is 47.0 Å². The number of piperidine rings is 1. The molecule has 0 aliphatic carbocycles. The van der Waals surface area contributed by atoms with E-state index in [4.69, 9.17) is 0 Å². The Hall–Kier alpha value is -1.05. The van der Waals surface area contributed by atoms with Crippen LogP contribution in [0.5, 0.6) is 0 Å². The second kappa shape index (κ2) is 6.60. The Kier molecular flexibility index (Phi) is 5.06. The molecule has 0 unspecified atom stereocenters. The zero-order chi connectivity index (χ0) is 13.2. The van der Waals surface area contributed by atoms with Gasteiger partial charge in [0.1, 0.15) is 6.54 Å². The monoisotopic (exact) mass is 289 g/mol. The van der Waals surface area contributed by atoms with Crippen molar-refractivity contribution >= 4 is 10.8 Å². The van der Waals surface area contributed by atoms with Crippen molar-refractivity contribution in [3.63, 3.8) is 0 Å². The van der Waals surface area contributed by atoms with Crippen molar-refractivity contribution in [1.29, 1.82) is 0 Å². The van der Waals surface area contributed by atoms with Crippen molar-refractivity contribution < 1.29 is 17.3 Å². The number of likely N-dealkylation sites (tertiary alicyclic amines) is 1. The van der Waals surface area contributed by atoms with Crippen LogP contribution in [0.4, 0.5) is 0 Å². The van der Waals surface area contributed by atoms with Crippen LogP contribution in [0.15, 0.2) is 30.3 Å². The molecule has 1 heterocycles. The van der Waals surface area contributed by atoms with E-state index in [9.17, 15) is 0 Å². The van der Waals surface area contributed by atoms with Gasteiger partial charge < -0.3 is 17.3 Å². The molecule has 0 saturated carbocycles. The number of aryl methyl sites for hydroxylation is 2. The number of nitrogens with one attached hydrogen (secondary N) is 1. The molecule has 2 heteroatoms. The highest BCUT2D eigenvalue weighted by Crippen LogP contribution is 2.20. The number of rotatable bonds is 2. The van der Waals surface area contributed by atoms with E-state index in [2.05, 4.69) is 44.2 Å². The highest BCUT2D eigenvalue weighted by Gasteiger charge is 2.15. The molecule has 1 N–H and O–H groups in total. The van der Waals surface area contributed by atoms with E-state index in [1.54, 1.807) is 4.90 Å². The predicted molar refractivity (Wildman–Crippen MR) is 81.7 cm³/mol. The van der Waals surface area contributed by atoms with Crippen molar-refractivity contribution in [2.45, 2.75) is 39.7 Å². The molecule has 0 bridgehead atoms. The summed E-state index contributed by atoms with van der Waals surface area (Å²) in [6.45, 7) is 8.34. The summed E-state index contributed by atoms with van der Waals surface area (Å²) in [7, 11) is 0. The van der Waals surface area contributed by atoms with Gasteiger partial charge in [-0.25, -0.2) is 0 Å². The average molecular weight is 290 g/mol. The summed E-state index contributed by atoms with van der Waals surface area (Å²) in [5, 5.41) is 2.78. The van der Waals surface area contributed by atoms with Gasteiger partial charge in [0, 0.05) is 5.56 Å². The van der Waals surface area contributed by atoms with Crippen LogP contribution >= 0.6 is 0 Å². The first-order valence-corrected chi connectivity index (χ1v) is 7.56. The first-order valence-electron chi connectivity index (χ1n) is 7.56. The minimum absolute atomic E-state index is 0. The highest BCUT2D eigenvalue weighted by molar-refractivity contribution is 5.84. The summed E-state index contributed by atoms with van der Waals surface area (Å²) in [6, 6.07) is 11.5. The number of quaternary nitrogens is 1. The Morgan fingerprint density at radius 3 is 2.40 bits per heavy atom. The summed E-state index contributed by atoms with van der Waals surface area (Å²) in [5.74, 6) is 0. The molecular formula is C18H24ClN. The summed E-state index contributed by atoms with van der Waals surface area (Å²) in [4.78, 5) is 1.76. The molecule has 0 atom stereocenters. The van der Waals surface area contributed by atoms with Crippen molar-refractivity contribution in [3.8, 4) is 0 Å². The van der Waals surface area contributed by atoms with Gasteiger partial charge in [0.2, 0.25) is 0 Å². The number of hydrogen-bond donors (Lipinski definition) is 1. The van der Waals surface area contributed by atoms with E-state index in [0.29, 0.717) is 0 Å². The molecule has 20 heavy (non-hydrogen) atoms. The van der Waals surface area contributed by atoms with E-state index >= 15 is 0 Å². The van der Waals surface area contributed by atoms with Crippen LogP contribution in [0.25, 0.3) is 10.8 Å². The van der Waals surface area contributed by atoms with Gasteiger partial charge in [-0.15, -0.1) is 0 Å². The lowest BCUT2D eigenvalue weighted by molar-refractivity contribution is -0.918. The van der Waals surface area contributed by atoms with Gasteiger partial charge in [0.05, 0.1) is 13.1 Å². The fourth-order valence-corrected chi connectivity index (χ4v) is 3.27. The Balaban J connectivity index is 0.00000147. The molecule has 108 valence electrons. The van der Waals surface area contributed by atoms with Gasteiger partial charge in [0.15, 0.2) is 0 Å². The normalized spacial score (nSPS) is 16.1. The molecule has 2 aromatic carbocycles. The van der Waals surface area contributed by atoms with Gasteiger partial charge in [0.25, 0.3) is 0 Å². The maximum Gasteiger partial charge on any atom is 0.103 e. The predicted octanol–water partition coefficient (Wildman–Crippen LogP) is 0.0294. The summed E-state index contributed by atoms with van der Waals surface area (Å²) in [5.41, 5.74) is 4.34. The highest BCUT2D eigenvalue weighted by atomic mass is 35.5. The van der Waals surface area contributed by atoms with Gasteiger partial charge >= 0.3 is 0 Å². The first kappa shape index (κ1) is 15.3. The lowest BCUT2D eigenvalue weighted by Gasteiger charge is -2.24. The van der Waals surface area contributed by atoms with Crippen LogP contribution < -0.4 is 17.3 Å². The van der Waals surface area contributed by atoms with Gasteiger partial charge in [-0.2, -0.15) is 0 Å². The number of benzene rings is 2. The molecule has 1 nitrogen and oxygen atoms in total. The Bertz CT molecular complexity index is 585. The van der Waals surface area contributed by atoms with Crippen LogP contribution in [-0.4, -0.2) is 13.1 Å². The number of fused-ring (bicyclic) bond motifs is 1. The zero-order valence-corrected chi connectivity index (χ0v) is 13.3.